The van der Waals surface area contributed by atoms with Crippen LogP contribution in [0.4, 0.5) is 0 Å². The zero-order valence-corrected chi connectivity index (χ0v) is 41.2. The predicted molar refractivity (Wildman–Crippen MR) is 264 cm³/mol. The van der Waals surface area contributed by atoms with E-state index in [0.717, 1.165) is 39.0 Å². The van der Waals surface area contributed by atoms with Crippen molar-refractivity contribution in [2.24, 2.45) is 16.7 Å². The van der Waals surface area contributed by atoms with Crippen molar-refractivity contribution in [2.45, 2.75) is 114 Å². The van der Waals surface area contributed by atoms with Gasteiger partial charge in [-0.2, -0.15) is 0 Å². The summed E-state index contributed by atoms with van der Waals surface area (Å²) in [6, 6.07) is 19.3. The Balaban J connectivity index is 1.29. The van der Waals surface area contributed by atoms with Gasteiger partial charge in [-0.25, -0.2) is 9.13 Å². The smallest absolute Gasteiger partial charge is 0.303 e. The zero-order chi connectivity index (χ0) is 47.0. The van der Waals surface area contributed by atoms with Gasteiger partial charge in [-0.05, 0) is 88.3 Å². The Hall–Kier alpha value is -4.20. The summed E-state index contributed by atoms with van der Waals surface area (Å²) in [5, 5.41) is 0. The largest absolute Gasteiger partial charge is 0.475 e. The molecule has 8 nitrogen and oxygen atoms in total. The number of hydrogen-bond donors (Lipinski definition) is 2. The molecule has 0 fully saturated rings. The molecule has 0 spiro atoms. The van der Waals surface area contributed by atoms with Crippen LogP contribution < -0.4 is 0 Å². The molecule has 0 bridgehead atoms. The molecule has 344 valence electrons. The summed E-state index contributed by atoms with van der Waals surface area (Å²) in [4.78, 5) is 18.5. The van der Waals surface area contributed by atoms with Crippen LogP contribution in [0.25, 0.3) is 0 Å². The van der Waals surface area contributed by atoms with Crippen LogP contribution in [0.2, 0.25) is 0 Å². The van der Waals surface area contributed by atoms with Crippen molar-refractivity contribution in [3.63, 3.8) is 0 Å². The van der Waals surface area contributed by atoms with E-state index in [1.807, 2.05) is 91.9 Å². The third kappa shape index (κ3) is 18.4. The van der Waals surface area contributed by atoms with Gasteiger partial charge in [0.1, 0.15) is 0 Å². The minimum absolute atomic E-state index is 0.125. The van der Waals surface area contributed by atoms with Gasteiger partial charge in [0.2, 0.25) is 0 Å². The number of benzene rings is 2. The molecular weight excluding hydrogens is 839 g/mol. The van der Waals surface area contributed by atoms with Gasteiger partial charge in [0, 0.05) is 5.92 Å². The van der Waals surface area contributed by atoms with Gasteiger partial charge in [0.25, 0.3) is 0 Å². The highest BCUT2D eigenvalue weighted by Crippen LogP contribution is 2.55. The van der Waals surface area contributed by atoms with E-state index in [0.29, 0.717) is 19.3 Å². The molecule has 0 radical (unpaired) electrons. The highest BCUT2D eigenvalue weighted by atomic mass is 31.2. The van der Waals surface area contributed by atoms with Crippen LogP contribution in [0.15, 0.2) is 191 Å². The van der Waals surface area contributed by atoms with Crippen LogP contribution in [0, 0.1) is 16.7 Å². The summed E-state index contributed by atoms with van der Waals surface area (Å²) >= 11 is 0. The Morgan fingerprint density at radius 1 is 0.672 bits per heavy atom. The first-order chi connectivity index (χ1) is 30.1. The second-order valence-electron chi connectivity index (χ2n) is 18.3. The molecule has 64 heavy (non-hydrogen) atoms. The third-order valence-corrected chi connectivity index (χ3v) is 13.3. The Morgan fingerprint density at radius 2 is 1.16 bits per heavy atom. The van der Waals surface area contributed by atoms with E-state index in [2.05, 4.69) is 129 Å². The van der Waals surface area contributed by atoms with E-state index in [4.69, 9.17) is 18.1 Å². The minimum atomic E-state index is -4.55. The highest BCUT2D eigenvalue weighted by Gasteiger charge is 2.39. The van der Waals surface area contributed by atoms with Crippen molar-refractivity contribution in [2.75, 3.05) is 0 Å². The molecule has 2 aliphatic rings. The van der Waals surface area contributed by atoms with Crippen molar-refractivity contribution in [3.05, 3.63) is 202 Å². The first-order valence-electron chi connectivity index (χ1n) is 22.0. The van der Waals surface area contributed by atoms with Crippen molar-refractivity contribution in [1.82, 2.24) is 0 Å². The minimum Gasteiger partial charge on any atom is -0.303 e. The molecule has 2 N–H and O–H groups in total. The fourth-order valence-corrected chi connectivity index (χ4v) is 9.95. The quantitative estimate of drug-likeness (QED) is 0.0768. The van der Waals surface area contributed by atoms with Gasteiger partial charge >= 0.3 is 15.6 Å². The molecule has 3 unspecified atom stereocenters. The molecule has 0 saturated carbocycles. The first-order valence-corrected chi connectivity index (χ1v) is 25.0. The van der Waals surface area contributed by atoms with Gasteiger partial charge in [-0.3, -0.25) is 18.1 Å². The van der Waals surface area contributed by atoms with Gasteiger partial charge in [-0.1, -0.05) is 213 Å². The van der Waals surface area contributed by atoms with Crippen LogP contribution >= 0.6 is 15.6 Å². The maximum atomic E-state index is 14.1. The highest BCUT2D eigenvalue weighted by molar-refractivity contribution is 7.48. The summed E-state index contributed by atoms with van der Waals surface area (Å²) in [6.45, 7) is 21.2. The molecule has 2 aliphatic carbocycles. The predicted octanol–water partition coefficient (Wildman–Crippen LogP) is 15.1. The number of allylic oxidation sites excluding steroid dienone is 20. The summed E-state index contributed by atoms with van der Waals surface area (Å²) in [5.74, 6) is 0.138. The maximum absolute atomic E-state index is 14.1. The number of phosphoric acid groups is 2. The van der Waals surface area contributed by atoms with Crippen molar-refractivity contribution in [1.29, 1.82) is 0 Å². The number of phosphoric ester groups is 2. The monoisotopic (exact) mass is 908 g/mol. The molecule has 0 aliphatic heterocycles. The van der Waals surface area contributed by atoms with E-state index < -0.39 is 21.7 Å². The van der Waals surface area contributed by atoms with Crippen LogP contribution in [-0.4, -0.2) is 22.0 Å². The molecule has 0 amide bonds. The lowest BCUT2D eigenvalue weighted by atomic mass is 9.67. The second-order valence-corrected chi connectivity index (χ2v) is 21.1. The lowest BCUT2D eigenvalue weighted by Crippen LogP contribution is -2.33. The molecular formula is C54H70O8P2. The standard InChI is InChI=1S/C54H70O8P2/c1-41(23-19-25-43(3)31-33-51-45(5)35-49(37-53(51,7)8)61-63(55,56)57)21-17-18-22-42(2)24-20-26-44(4)32-34-52-46(6)36-50(38-54(52,9)10)62-64(58,59-39-47-27-13-11-14-28-47)60-40-48-29-15-12-16-30-48/h11-35,49-51H,36-40H2,1-10H3,(H2,55,56,57). The van der Waals surface area contributed by atoms with Gasteiger partial charge in [-0.15, -0.1) is 0 Å². The molecule has 0 saturated heterocycles. The van der Waals surface area contributed by atoms with E-state index in [-0.39, 0.29) is 36.1 Å². The summed E-state index contributed by atoms with van der Waals surface area (Å²) in [7, 11) is -8.45. The second kappa shape index (κ2) is 24.4. The van der Waals surface area contributed by atoms with Crippen LogP contribution in [0.1, 0.15) is 99.6 Å². The van der Waals surface area contributed by atoms with Crippen molar-refractivity contribution >= 4 is 15.6 Å². The number of rotatable bonds is 20. The number of hydrogen-bond acceptors (Lipinski definition) is 6. The molecule has 4 rings (SSSR count). The molecule has 3 atom stereocenters. The molecule has 0 aromatic heterocycles. The Bertz CT molecular complexity index is 2260. The summed E-state index contributed by atoms with van der Waals surface area (Å²) in [5.41, 5.74) is 9.31. The fraction of sp³-hybridized carbons (Fsp3) is 0.370. The van der Waals surface area contributed by atoms with Crippen molar-refractivity contribution in [3.8, 4) is 0 Å². The van der Waals surface area contributed by atoms with Crippen LogP contribution in [0.5, 0.6) is 0 Å². The van der Waals surface area contributed by atoms with Crippen LogP contribution in [-0.2, 0) is 40.4 Å². The van der Waals surface area contributed by atoms with Crippen LogP contribution in [0.3, 0.4) is 0 Å². The maximum Gasteiger partial charge on any atom is 0.475 e. The summed E-state index contributed by atoms with van der Waals surface area (Å²) in [6.07, 6.45) is 32.0. The Labute approximate surface area is 383 Å². The van der Waals surface area contributed by atoms with E-state index >= 15 is 0 Å². The van der Waals surface area contributed by atoms with Gasteiger partial charge in [0.15, 0.2) is 0 Å². The van der Waals surface area contributed by atoms with E-state index in [9.17, 15) is 18.9 Å². The lowest BCUT2D eigenvalue weighted by molar-refractivity contribution is 0.0508. The van der Waals surface area contributed by atoms with E-state index in [1.165, 1.54) is 11.1 Å². The summed E-state index contributed by atoms with van der Waals surface area (Å²) < 4.78 is 48.6. The molecule has 2 aromatic rings. The average molecular weight is 909 g/mol. The average Bonchev–Trinajstić information content (AvgIpc) is 3.20. The van der Waals surface area contributed by atoms with Crippen molar-refractivity contribution < 1.29 is 37.0 Å². The lowest BCUT2D eigenvalue weighted by Gasteiger charge is -2.40. The zero-order valence-electron chi connectivity index (χ0n) is 39.4. The fourth-order valence-electron chi connectivity index (χ4n) is 8.14. The molecule has 0 heterocycles. The third-order valence-electron chi connectivity index (χ3n) is 11.3. The molecule has 10 heteroatoms. The Morgan fingerprint density at radius 3 is 1.64 bits per heavy atom. The topological polar surface area (TPSA) is 112 Å². The normalized spacial score (nSPS) is 21.9. The Kier molecular flexibility index (Phi) is 20.0. The van der Waals surface area contributed by atoms with Gasteiger partial charge in [0.05, 0.1) is 25.4 Å². The first kappa shape index (κ1) is 52.4. The van der Waals surface area contributed by atoms with Gasteiger partial charge < -0.3 is 9.79 Å². The van der Waals surface area contributed by atoms with E-state index in [1.54, 1.807) is 0 Å². The molecule has 2 aromatic carbocycles. The SMILES string of the molecule is CC(C=CC=C(C)C=CC1=C(C)CC(OP(=O)(OCc2ccccc2)OCc2ccccc2)CC1(C)C)=CC=CC=C(C)C=CC=C(C)C=CC1C(C)=CC(OP(=O)(O)O)CC1(C)C.